The van der Waals surface area contributed by atoms with E-state index in [0.29, 0.717) is 12.1 Å². The highest BCUT2D eigenvalue weighted by Gasteiger charge is 2.39. The molecule has 0 spiro atoms. The van der Waals surface area contributed by atoms with Crippen molar-refractivity contribution in [2.75, 3.05) is 6.54 Å². The lowest BCUT2D eigenvalue weighted by molar-refractivity contribution is -0.149. The quantitative estimate of drug-likeness (QED) is 0.154. The number of amides is 5. The zero-order chi connectivity index (χ0) is 25.4. The Hall–Kier alpha value is -4.01. The first kappa shape index (κ1) is 26.2. The minimum Gasteiger partial charge on any atom is -0.480 e. The summed E-state index contributed by atoms with van der Waals surface area (Å²) in [6.07, 6.45) is 2.29. The molecule has 1 aliphatic rings. The van der Waals surface area contributed by atoms with Crippen LogP contribution in [-0.2, 0) is 35.2 Å². The zero-order valence-electron chi connectivity index (χ0n) is 18.2. The fraction of sp³-hybridized carbons (Fsp3) is 0.526. The van der Waals surface area contributed by atoms with Gasteiger partial charge in [-0.3, -0.25) is 24.0 Å². The Balaban J connectivity index is 2.21. The molecule has 1 saturated heterocycles. The summed E-state index contributed by atoms with van der Waals surface area (Å²) in [5.41, 5.74) is 16.4. The Bertz CT molecular complexity index is 935. The molecule has 4 atom stereocenters. The monoisotopic (exact) mass is 480 g/mol. The number of likely N-dealkylation sites (tertiary alicyclic amines) is 1. The molecule has 15 nitrogen and oxygen atoms in total. The van der Waals surface area contributed by atoms with Gasteiger partial charge in [-0.25, -0.2) is 9.78 Å². The normalized spacial score (nSPS) is 17.9. The third-order valence-electron chi connectivity index (χ3n) is 5.21. The first-order valence-electron chi connectivity index (χ1n) is 10.4. The van der Waals surface area contributed by atoms with E-state index in [1.807, 2.05) is 0 Å². The van der Waals surface area contributed by atoms with Gasteiger partial charge < -0.3 is 42.8 Å². The predicted octanol–water partition coefficient (Wildman–Crippen LogP) is -3.92. The molecular formula is C19H28N8O7. The van der Waals surface area contributed by atoms with E-state index in [9.17, 15) is 33.9 Å². The number of hydrogen-bond acceptors (Lipinski definition) is 8. The molecule has 10 N–H and O–H groups in total. The van der Waals surface area contributed by atoms with Crippen LogP contribution >= 0.6 is 0 Å². The molecule has 0 aromatic carbocycles. The summed E-state index contributed by atoms with van der Waals surface area (Å²) < 4.78 is 0. The number of nitrogens with two attached hydrogens (primary N) is 3. The minimum absolute atomic E-state index is 0.0974. The highest BCUT2D eigenvalue weighted by Crippen LogP contribution is 2.19. The van der Waals surface area contributed by atoms with E-state index in [2.05, 4.69) is 20.6 Å². The third kappa shape index (κ3) is 7.26. The molecule has 1 aromatic heterocycles. The lowest BCUT2D eigenvalue weighted by atomic mass is 10.1. The van der Waals surface area contributed by atoms with Crippen LogP contribution in [0.3, 0.4) is 0 Å². The molecule has 34 heavy (non-hydrogen) atoms. The number of hydrogen-bond donors (Lipinski definition) is 7. The van der Waals surface area contributed by atoms with Crippen molar-refractivity contribution >= 4 is 35.5 Å². The van der Waals surface area contributed by atoms with E-state index in [-0.39, 0.29) is 19.4 Å². The number of rotatable bonds is 12. The van der Waals surface area contributed by atoms with Gasteiger partial charge in [0.05, 0.1) is 25.2 Å². The van der Waals surface area contributed by atoms with Gasteiger partial charge in [-0.1, -0.05) is 0 Å². The molecule has 0 aliphatic carbocycles. The molecule has 186 valence electrons. The maximum Gasteiger partial charge on any atom is 0.326 e. The maximum atomic E-state index is 13.0. The van der Waals surface area contributed by atoms with Crippen molar-refractivity contribution in [2.45, 2.75) is 56.3 Å². The number of carbonyl (C=O) groups is 6. The number of carbonyl (C=O) groups excluding carboxylic acids is 5. The number of imidazole rings is 1. The summed E-state index contributed by atoms with van der Waals surface area (Å²) in [6, 6.07) is -5.15. The van der Waals surface area contributed by atoms with Crippen LogP contribution in [0.2, 0.25) is 0 Å². The lowest BCUT2D eigenvalue weighted by Crippen LogP contribution is -2.58. The van der Waals surface area contributed by atoms with Gasteiger partial charge in [0, 0.05) is 24.9 Å². The predicted molar refractivity (Wildman–Crippen MR) is 114 cm³/mol. The largest absolute Gasteiger partial charge is 0.480 e. The highest BCUT2D eigenvalue weighted by atomic mass is 16.4. The summed E-state index contributed by atoms with van der Waals surface area (Å²) >= 11 is 0. The van der Waals surface area contributed by atoms with Crippen LogP contribution < -0.4 is 27.8 Å². The molecule has 1 fully saturated rings. The summed E-state index contributed by atoms with van der Waals surface area (Å²) in [5, 5.41) is 14.1. The van der Waals surface area contributed by atoms with Gasteiger partial charge in [0.15, 0.2) is 0 Å². The topological polar surface area (TPSA) is 257 Å². The van der Waals surface area contributed by atoms with E-state index in [0.717, 1.165) is 4.90 Å². The van der Waals surface area contributed by atoms with Crippen molar-refractivity contribution in [3.8, 4) is 0 Å². The molecule has 5 amide bonds. The molecule has 0 radical (unpaired) electrons. The van der Waals surface area contributed by atoms with Gasteiger partial charge in [-0.05, 0) is 12.8 Å². The fourth-order valence-corrected chi connectivity index (χ4v) is 3.57. The van der Waals surface area contributed by atoms with Crippen molar-refractivity contribution in [3.05, 3.63) is 18.2 Å². The smallest absolute Gasteiger partial charge is 0.326 e. The van der Waals surface area contributed by atoms with Gasteiger partial charge in [-0.15, -0.1) is 0 Å². The molecule has 2 heterocycles. The Labute approximate surface area is 193 Å². The van der Waals surface area contributed by atoms with Crippen LogP contribution in [0.1, 0.15) is 31.4 Å². The van der Waals surface area contributed by atoms with Crippen LogP contribution in [-0.4, -0.2) is 86.2 Å². The average molecular weight is 480 g/mol. The van der Waals surface area contributed by atoms with E-state index < -0.39 is 72.5 Å². The molecular weight excluding hydrogens is 452 g/mol. The molecule has 15 heteroatoms. The highest BCUT2D eigenvalue weighted by molar-refractivity contribution is 5.96. The van der Waals surface area contributed by atoms with E-state index >= 15 is 0 Å². The van der Waals surface area contributed by atoms with Gasteiger partial charge in [0.1, 0.15) is 18.1 Å². The molecule has 2 rings (SSSR count). The van der Waals surface area contributed by atoms with E-state index in [1.165, 1.54) is 12.5 Å². The summed E-state index contributed by atoms with van der Waals surface area (Å²) in [7, 11) is 0. The zero-order valence-corrected chi connectivity index (χ0v) is 18.2. The van der Waals surface area contributed by atoms with E-state index in [1.54, 1.807) is 0 Å². The van der Waals surface area contributed by atoms with Crippen molar-refractivity contribution < 1.29 is 33.9 Å². The number of primary amides is 2. The second-order valence-electron chi connectivity index (χ2n) is 7.88. The summed E-state index contributed by atoms with van der Waals surface area (Å²) in [5.74, 6) is -5.41. The second-order valence-corrected chi connectivity index (χ2v) is 7.88. The Morgan fingerprint density at radius 3 is 2.29 bits per heavy atom. The van der Waals surface area contributed by atoms with Crippen molar-refractivity contribution in [2.24, 2.45) is 17.2 Å². The van der Waals surface area contributed by atoms with Crippen LogP contribution in [0.15, 0.2) is 12.5 Å². The number of aromatic nitrogens is 2. The second kappa shape index (κ2) is 11.7. The summed E-state index contributed by atoms with van der Waals surface area (Å²) in [6.45, 7) is 0.136. The van der Waals surface area contributed by atoms with Crippen molar-refractivity contribution in [3.63, 3.8) is 0 Å². The SMILES string of the molecule is NC(=O)CC(N)C(=O)NC(Cc1cnc[nH]1)C(=O)NC(CC(N)=O)C(=O)N1CCCC1C(=O)O. The van der Waals surface area contributed by atoms with E-state index in [4.69, 9.17) is 17.2 Å². The number of aromatic amines is 1. The lowest BCUT2D eigenvalue weighted by Gasteiger charge is -2.28. The number of carboxylic acid groups (broad SMARTS) is 1. The maximum absolute atomic E-state index is 13.0. The van der Waals surface area contributed by atoms with Crippen LogP contribution in [0.4, 0.5) is 0 Å². The Kier molecular flexibility index (Phi) is 9.06. The summed E-state index contributed by atoms with van der Waals surface area (Å²) in [4.78, 5) is 80.2. The number of nitrogens with one attached hydrogen (secondary N) is 3. The van der Waals surface area contributed by atoms with Gasteiger partial charge in [0.25, 0.3) is 0 Å². The van der Waals surface area contributed by atoms with Crippen LogP contribution in [0.5, 0.6) is 0 Å². The third-order valence-corrected chi connectivity index (χ3v) is 5.21. The van der Waals surface area contributed by atoms with Crippen LogP contribution in [0.25, 0.3) is 0 Å². The molecule has 0 saturated carbocycles. The molecule has 1 aliphatic heterocycles. The van der Waals surface area contributed by atoms with Gasteiger partial charge in [0.2, 0.25) is 29.5 Å². The standard InChI is InChI=1S/C19H28N8O7/c20-10(5-14(21)28)16(30)25-11(4-9-7-23-8-24-9)17(31)26-12(6-15(22)29)18(32)27-3-1-2-13(27)19(33)34/h7-8,10-13H,1-6,20H2,(H2,21,28)(H2,22,29)(H,23,24)(H,25,30)(H,26,31)(H,33,34). The number of nitrogens with zero attached hydrogens (tertiary/aromatic N) is 2. The Morgan fingerprint density at radius 2 is 1.74 bits per heavy atom. The number of H-pyrrole nitrogens is 1. The minimum atomic E-state index is -1.45. The van der Waals surface area contributed by atoms with Crippen molar-refractivity contribution in [1.29, 1.82) is 0 Å². The number of carboxylic acids is 1. The van der Waals surface area contributed by atoms with Gasteiger partial charge >= 0.3 is 5.97 Å². The first-order valence-corrected chi connectivity index (χ1v) is 10.4. The van der Waals surface area contributed by atoms with Crippen molar-refractivity contribution in [1.82, 2.24) is 25.5 Å². The first-order chi connectivity index (χ1) is 16.0. The fourth-order valence-electron chi connectivity index (χ4n) is 3.57. The number of aliphatic carboxylic acids is 1. The average Bonchev–Trinajstić information content (AvgIpc) is 3.43. The van der Waals surface area contributed by atoms with Crippen LogP contribution in [0, 0.1) is 0 Å². The molecule has 4 unspecified atom stereocenters. The molecule has 0 bridgehead atoms. The van der Waals surface area contributed by atoms with Gasteiger partial charge in [-0.2, -0.15) is 0 Å². The molecule has 1 aromatic rings. The Morgan fingerprint density at radius 1 is 1.09 bits per heavy atom.